The van der Waals surface area contributed by atoms with Crippen LogP contribution in [0, 0.1) is 0 Å². The van der Waals surface area contributed by atoms with E-state index in [0.29, 0.717) is 5.69 Å². The van der Waals surface area contributed by atoms with Gasteiger partial charge in [0.05, 0.1) is 4.88 Å². The monoisotopic (exact) mass is 366 g/mol. The molecule has 0 saturated heterocycles. The Bertz CT molecular complexity index is 1020. The van der Waals surface area contributed by atoms with Crippen LogP contribution in [-0.2, 0) is 24.2 Å². The van der Waals surface area contributed by atoms with Gasteiger partial charge in [0.25, 0.3) is 5.56 Å². The Morgan fingerprint density at radius 2 is 2.08 bits per heavy atom. The predicted molar refractivity (Wildman–Crippen MR) is 103 cm³/mol. The molecule has 26 heavy (non-hydrogen) atoms. The molecule has 0 spiro atoms. The summed E-state index contributed by atoms with van der Waals surface area (Å²) in [4.78, 5) is 25.5. The third-order valence-electron chi connectivity index (χ3n) is 4.45. The zero-order valence-electron chi connectivity index (χ0n) is 14.1. The molecule has 4 rings (SSSR count). The lowest BCUT2D eigenvalue weighted by molar-refractivity contribution is -0.117. The Kier molecular flexibility index (Phi) is 4.30. The van der Waals surface area contributed by atoms with Crippen molar-refractivity contribution in [2.24, 2.45) is 0 Å². The van der Waals surface area contributed by atoms with E-state index in [0.717, 1.165) is 34.5 Å². The van der Waals surface area contributed by atoms with Gasteiger partial charge in [-0.15, -0.1) is 11.3 Å². The Morgan fingerprint density at radius 1 is 1.23 bits per heavy atom. The van der Waals surface area contributed by atoms with E-state index in [1.807, 2.05) is 29.6 Å². The molecule has 2 heterocycles. The van der Waals surface area contributed by atoms with Gasteiger partial charge >= 0.3 is 0 Å². The molecule has 1 aliphatic carbocycles. The minimum atomic E-state index is -0.464. The third-order valence-corrected chi connectivity index (χ3v) is 5.34. The molecule has 7 heteroatoms. The number of nitrogens with one attached hydrogen (secondary N) is 1. The molecule has 3 N–H and O–H groups in total. The number of nitrogen functional groups attached to an aromatic ring is 1. The number of benzene rings is 1. The first-order valence-corrected chi connectivity index (χ1v) is 9.31. The van der Waals surface area contributed by atoms with Gasteiger partial charge in [0.15, 0.2) is 0 Å². The molecule has 0 unspecified atom stereocenters. The van der Waals surface area contributed by atoms with Crippen LogP contribution in [0.3, 0.4) is 0 Å². The van der Waals surface area contributed by atoms with Crippen LogP contribution >= 0.6 is 11.3 Å². The molecule has 0 atom stereocenters. The minimum absolute atomic E-state index is 0.0775. The second-order valence-corrected chi connectivity index (χ2v) is 7.26. The number of hydrogen-bond acceptors (Lipinski definition) is 5. The summed E-state index contributed by atoms with van der Waals surface area (Å²) in [5.74, 6) is -0.305. The molecule has 2 aromatic heterocycles. The van der Waals surface area contributed by atoms with Gasteiger partial charge < -0.3 is 11.1 Å². The molecule has 0 fully saturated rings. The van der Waals surface area contributed by atoms with Gasteiger partial charge in [-0.3, -0.25) is 9.59 Å². The average molecular weight is 366 g/mol. The molecule has 0 bridgehead atoms. The summed E-state index contributed by atoms with van der Waals surface area (Å²) in [6, 6.07) is 11.3. The summed E-state index contributed by atoms with van der Waals surface area (Å²) in [7, 11) is 0. The highest BCUT2D eigenvalue weighted by atomic mass is 32.1. The normalized spacial score (nSPS) is 12.8. The lowest BCUT2D eigenvalue weighted by Crippen LogP contribution is -2.31. The van der Waals surface area contributed by atoms with Gasteiger partial charge in [0, 0.05) is 5.69 Å². The zero-order chi connectivity index (χ0) is 18.1. The fourth-order valence-corrected chi connectivity index (χ4v) is 3.88. The minimum Gasteiger partial charge on any atom is -0.394 e. The van der Waals surface area contributed by atoms with Crippen LogP contribution in [0.15, 0.2) is 46.6 Å². The van der Waals surface area contributed by atoms with Gasteiger partial charge in [-0.2, -0.15) is 5.10 Å². The fourth-order valence-electron chi connectivity index (χ4n) is 3.20. The highest BCUT2D eigenvalue weighted by molar-refractivity contribution is 7.13. The Balaban J connectivity index is 1.55. The van der Waals surface area contributed by atoms with Crippen molar-refractivity contribution in [1.82, 2.24) is 9.78 Å². The Morgan fingerprint density at radius 3 is 2.88 bits per heavy atom. The van der Waals surface area contributed by atoms with Crippen molar-refractivity contribution in [3.05, 3.63) is 63.3 Å². The van der Waals surface area contributed by atoms with Crippen LogP contribution < -0.4 is 16.6 Å². The number of anilines is 2. The molecular formula is C19H18N4O2S. The quantitative estimate of drug-likeness (QED) is 0.743. The van der Waals surface area contributed by atoms with E-state index in [4.69, 9.17) is 5.73 Å². The van der Waals surface area contributed by atoms with E-state index in [2.05, 4.69) is 16.5 Å². The van der Waals surface area contributed by atoms with E-state index in [9.17, 15) is 9.59 Å². The maximum atomic E-state index is 12.4. The van der Waals surface area contributed by atoms with Crippen LogP contribution in [0.5, 0.6) is 0 Å². The number of aryl methyl sites for hydroxylation is 2. The highest BCUT2D eigenvalue weighted by Crippen LogP contribution is 2.25. The number of nitrogens with zero attached hydrogens (tertiary/aromatic N) is 2. The van der Waals surface area contributed by atoms with Gasteiger partial charge in [-0.25, -0.2) is 4.68 Å². The lowest BCUT2D eigenvalue weighted by Gasteiger charge is -2.10. The van der Waals surface area contributed by atoms with Crippen molar-refractivity contribution in [2.75, 3.05) is 11.1 Å². The lowest BCUT2D eigenvalue weighted by atomic mass is 10.1. The summed E-state index contributed by atoms with van der Waals surface area (Å²) in [6.45, 7) is -0.181. The number of carbonyl (C=O) groups is 1. The molecule has 0 radical (unpaired) electrons. The molecule has 0 aliphatic heterocycles. The van der Waals surface area contributed by atoms with Gasteiger partial charge in [-0.1, -0.05) is 12.1 Å². The molecule has 1 amide bonds. The summed E-state index contributed by atoms with van der Waals surface area (Å²) in [5.41, 5.74) is 9.38. The fraction of sp³-hybridized carbons (Fsp3) is 0.211. The number of thiophene rings is 1. The maximum Gasteiger partial charge on any atom is 0.290 e. The molecule has 1 aromatic carbocycles. The van der Waals surface area contributed by atoms with E-state index in [1.54, 1.807) is 6.07 Å². The molecular weight excluding hydrogens is 348 g/mol. The van der Waals surface area contributed by atoms with Crippen molar-refractivity contribution in [2.45, 2.75) is 25.8 Å². The summed E-state index contributed by atoms with van der Waals surface area (Å²) in [5, 5.41) is 9.05. The van der Waals surface area contributed by atoms with Crippen LogP contribution in [0.25, 0.3) is 10.6 Å². The first kappa shape index (κ1) is 16.5. The zero-order valence-corrected chi connectivity index (χ0v) is 14.9. The summed E-state index contributed by atoms with van der Waals surface area (Å²) in [6.07, 6.45) is 3.29. The van der Waals surface area contributed by atoms with Crippen molar-refractivity contribution < 1.29 is 4.79 Å². The molecule has 132 valence electrons. The second-order valence-electron chi connectivity index (χ2n) is 6.31. The number of amides is 1. The van der Waals surface area contributed by atoms with Crippen molar-refractivity contribution in [3.63, 3.8) is 0 Å². The number of nitrogens with two attached hydrogens (primary N) is 1. The van der Waals surface area contributed by atoms with E-state index >= 15 is 0 Å². The van der Waals surface area contributed by atoms with Crippen molar-refractivity contribution in [3.8, 4) is 10.6 Å². The van der Waals surface area contributed by atoms with Gasteiger partial charge in [0.1, 0.15) is 17.9 Å². The van der Waals surface area contributed by atoms with E-state index < -0.39 is 5.56 Å². The van der Waals surface area contributed by atoms with E-state index in [1.165, 1.54) is 22.5 Å². The smallest absolute Gasteiger partial charge is 0.290 e. The number of aromatic nitrogens is 2. The average Bonchev–Trinajstić information content (AvgIpc) is 3.29. The molecule has 0 saturated carbocycles. The number of hydrogen-bond donors (Lipinski definition) is 2. The number of fused-ring (bicyclic) bond motifs is 1. The highest BCUT2D eigenvalue weighted by Gasteiger charge is 2.14. The topological polar surface area (TPSA) is 90.0 Å². The SMILES string of the molecule is Nc1cc(-c2cccs2)nn(CC(=O)Nc2ccc3c(c2)CCC3)c1=O. The van der Waals surface area contributed by atoms with Gasteiger partial charge in [0.2, 0.25) is 5.91 Å². The largest absolute Gasteiger partial charge is 0.394 e. The second kappa shape index (κ2) is 6.76. The van der Waals surface area contributed by atoms with Crippen LogP contribution in [-0.4, -0.2) is 15.7 Å². The van der Waals surface area contributed by atoms with Gasteiger partial charge in [-0.05, 0) is 60.0 Å². The Labute approximate surface area is 154 Å². The maximum absolute atomic E-state index is 12.4. The molecule has 6 nitrogen and oxygen atoms in total. The first-order valence-electron chi connectivity index (χ1n) is 8.43. The summed E-state index contributed by atoms with van der Waals surface area (Å²) < 4.78 is 1.12. The Hall–Kier alpha value is -2.93. The first-order chi connectivity index (χ1) is 12.6. The van der Waals surface area contributed by atoms with Crippen LogP contribution in [0.2, 0.25) is 0 Å². The van der Waals surface area contributed by atoms with Crippen molar-refractivity contribution in [1.29, 1.82) is 0 Å². The summed E-state index contributed by atoms with van der Waals surface area (Å²) >= 11 is 1.50. The van der Waals surface area contributed by atoms with E-state index in [-0.39, 0.29) is 18.1 Å². The number of rotatable bonds is 4. The molecule has 3 aromatic rings. The standard InChI is InChI=1S/C19H18N4O2S/c20-15-10-16(17-5-2-8-26-17)22-23(19(15)25)11-18(24)21-14-7-6-12-3-1-4-13(12)9-14/h2,5-10H,1,3-4,11,20H2,(H,21,24). The predicted octanol–water partition coefficient (Wildman–Crippen LogP) is 2.68. The third kappa shape index (κ3) is 3.25. The van der Waals surface area contributed by atoms with Crippen LogP contribution in [0.4, 0.5) is 11.4 Å². The molecule has 1 aliphatic rings. The number of carbonyl (C=O) groups excluding carboxylic acids is 1. The van der Waals surface area contributed by atoms with Crippen molar-refractivity contribution >= 4 is 28.6 Å². The van der Waals surface area contributed by atoms with Crippen LogP contribution in [0.1, 0.15) is 17.5 Å².